The molecule has 0 spiro atoms. The Kier molecular flexibility index (Phi) is 6.90. The second-order valence-corrected chi connectivity index (χ2v) is 4.65. The van der Waals surface area contributed by atoms with Gasteiger partial charge in [0, 0.05) is 12.1 Å². The molecule has 0 saturated heterocycles. The molecule has 0 unspecified atom stereocenters. The van der Waals surface area contributed by atoms with Crippen molar-refractivity contribution in [1.29, 1.82) is 0 Å². The predicted octanol–water partition coefficient (Wildman–Crippen LogP) is 1.53. The van der Waals surface area contributed by atoms with Gasteiger partial charge in [0.25, 0.3) is 0 Å². The van der Waals surface area contributed by atoms with E-state index in [1.165, 1.54) is 6.92 Å². The Labute approximate surface area is 119 Å². The lowest BCUT2D eigenvalue weighted by Gasteiger charge is -2.20. The van der Waals surface area contributed by atoms with Gasteiger partial charge in [0.05, 0.1) is 18.8 Å². The van der Waals surface area contributed by atoms with Crippen LogP contribution in [0.25, 0.3) is 0 Å². The second kappa shape index (κ2) is 8.45. The van der Waals surface area contributed by atoms with Crippen LogP contribution in [0.1, 0.15) is 30.6 Å². The summed E-state index contributed by atoms with van der Waals surface area (Å²) in [6.07, 6.45) is 0.914. The average molecular weight is 278 g/mol. The van der Waals surface area contributed by atoms with Crippen LogP contribution >= 0.6 is 0 Å². The molecule has 0 aliphatic rings. The monoisotopic (exact) mass is 278 g/mol. The van der Waals surface area contributed by atoms with E-state index in [0.717, 1.165) is 13.0 Å². The summed E-state index contributed by atoms with van der Waals surface area (Å²) in [6.45, 7) is 4.95. The van der Waals surface area contributed by atoms with Gasteiger partial charge in [-0.2, -0.15) is 0 Å². The molecule has 2 N–H and O–H groups in total. The van der Waals surface area contributed by atoms with Crippen molar-refractivity contribution in [2.75, 3.05) is 31.6 Å². The highest BCUT2D eigenvalue weighted by Crippen LogP contribution is 2.15. The summed E-state index contributed by atoms with van der Waals surface area (Å²) in [6, 6.07) is 6.95. The van der Waals surface area contributed by atoms with E-state index in [-0.39, 0.29) is 24.8 Å². The lowest BCUT2D eigenvalue weighted by Crippen LogP contribution is -2.36. The summed E-state index contributed by atoms with van der Waals surface area (Å²) in [4.78, 5) is 25.4. The number of hydrogen-bond donors (Lipinski definition) is 2. The SMILES string of the molecule is CCCN(CCO)CC(=O)Nc1ccccc1C(C)=O. The van der Waals surface area contributed by atoms with Crippen molar-refractivity contribution in [2.24, 2.45) is 0 Å². The van der Waals surface area contributed by atoms with E-state index in [0.29, 0.717) is 17.8 Å². The molecule has 0 saturated carbocycles. The number of benzene rings is 1. The van der Waals surface area contributed by atoms with Gasteiger partial charge in [-0.15, -0.1) is 0 Å². The summed E-state index contributed by atoms with van der Waals surface area (Å²) in [5.74, 6) is -0.262. The molecule has 110 valence electrons. The van der Waals surface area contributed by atoms with E-state index in [4.69, 9.17) is 5.11 Å². The van der Waals surface area contributed by atoms with E-state index in [1.807, 2.05) is 11.8 Å². The number of carbonyl (C=O) groups is 2. The van der Waals surface area contributed by atoms with Gasteiger partial charge < -0.3 is 10.4 Å². The molecule has 0 aliphatic heterocycles. The molecule has 5 nitrogen and oxygen atoms in total. The molecule has 5 heteroatoms. The third kappa shape index (κ3) is 5.11. The van der Waals surface area contributed by atoms with Crippen LogP contribution in [0.2, 0.25) is 0 Å². The number of ketones is 1. The number of para-hydroxylation sites is 1. The maximum Gasteiger partial charge on any atom is 0.238 e. The first-order chi connectivity index (χ1) is 9.58. The molecule has 1 rings (SSSR count). The number of hydrogen-bond acceptors (Lipinski definition) is 4. The number of carbonyl (C=O) groups excluding carboxylic acids is 2. The van der Waals surface area contributed by atoms with Crippen molar-refractivity contribution in [2.45, 2.75) is 20.3 Å². The topological polar surface area (TPSA) is 69.6 Å². The van der Waals surface area contributed by atoms with Gasteiger partial charge in [-0.05, 0) is 32.0 Å². The Morgan fingerprint density at radius 1 is 1.25 bits per heavy atom. The molecule has 0 fully saturated rings. The van der Waals surface area contributed by atoms with Crippen LogP contribution < -0.4 is 5.32 Å². The summed E-state index contributed by atoms with van der Waals surface area (Å²) in [5, 5.41) is 11.7. The first kappa shape index (κ1) is 16.3. The third-order valence-corrected chi connectivity index (χ3v) is 2.90. The van der Waals surface area contributed by atoms with Crippen LogP contribution in [-0.2, 0) is 4.79 Å². The lowest BCUT2D eigenvalue weighted by atomic mass is 10.1. The zero-order valence-corrected chi connectivity index (χ0v) is 12.1. The van der Waals surface area contributed by atoms with Crippen LogP contribution in [0.4, 0.5) is 5.69 Å². The highest BCUT2D eigenvalue weighted by atomic mass is 16.3. The molecule has 20 heavy (non-hydrogen) atoms. The lowest BCUT2D eigenvalue weighted by molar-refractivity contribution is -0.117. The first-order valence-corrected chi connectivity index (χ1v) is 6.81. The van der Waals surface area contributed by atoms with Crippen molar-refractivity contribution < 1.29 is 14.7 Å². The summed E-state index contributed by atoms with van der Waals surface area (Å²) >= 11 is 0. The molecule has 0 atom stereocenters. The standard InChI is InChI=1S/C15H22N2O3/c1-3-8-17(9-10-18)11-15(20)16-14-7-5-4-6-13(14)12(2)19/h4-7,18H,3,8-11H2,1-2H3,(H,16,20). The Bertz CT molecular complexity index is 454. The highest BCUT2D eigenvalue weighted by Gasteiger charge is 2.12. The minimum Gasteiger partial charge on any atom is -0.395 e. The summed E-state index contributed by atoms with van der Waals surface area (Å²) in [5.41, 5.74) is 1.04. The van der Waals surface area contributed by atoms with E-state index in [2.05, 4.69) is 5.32 Å². The third-order valence-electron chi connectivity index (χ3n) is 2.90. The molecule has 0 heterocycles. The molecule has 0 aliphatic carbocycles. The summed E-state index contributed by atoms with van der Waals surface area (Å²) < 4.78 is 0. The fourth-order valence-corrected chi connectivity index (χ4v) is 2.02. The van der Waals surface area contributed by atoms with Crippen LogP contribution in [-0.4, -0.2) is 47.9 Å². The number of nitrogens with one attached hydrogen (secondary N) is 1. The van der Waals surface area contributed by atoms with Crippen molar-refractivity contribution in [3.05, 3.63) is 29.8 Å². The Hall–Kier alpha value is -1.72. The van der Waals surface area contributed by atoms with Crippen LogP contribution in [0, 0.1) is 0 Å². The zero-order valence-electron chi connectivity index (χ0n) is 12.1. The molecule has 0 bridgehead atoms. The van der Waals surface area contributed by atoms with Crippen molar-refractivity contribution >= 4 is 17.4 Å². The van der Waals surface area contributed by atoms with E-state index >= 15 is 0 Å². The maximum absolute atomic E-state index is 12.0. The Balaban J connectivity index is 2.68. The Morgan fingerprint density at radius 3 is 2.55 bits per heavy atom. The summed E-state index contributed by atoms with van der Waals surface area (Å²) in [7, 11) is 0. The number of anilines is 1. The maximum atomic E-state index is 12.0. The van der Waals surface area contributed by atoms with Gasteiger partial charge in [0.1, 0.15) is 0 Å². The van der Waals surface area contributed by atoms with E-state index in [9.17, 15) is 9.59 Å². The fourth-order valence-electron chi connectivity index (χ4n) is 2.02. The van der Waals surface area contributed by atoms with Crippen LogP contribution in [0.5, 0.6) is 0 Å². The fraction of sp³-hybridized carbons (Fsp3) is 0.467. The highest BCUT2D eigenvalue weighted by molar-refractivity contribution is 6.04. The van der Waals surface area contributed by atoms with Crippen molar-refractivity contribution in [1.82, 2.24) is 4.90 Å². The van der Waals surface area contributed by atoms with Gasteiger partial charge in [0.2, 0.25) is 5.91 Å². The van der Waals surface area contributed by atoms with Crippen LogP contribution in [0.15, 0.2) is 24.3 Å². The average Bonchev–Trinajstić information content (AvgIpc) is 2.39. The Morgan fingerprint density at radius 2 is 1.95 bits per heavy atom. The smallest absolute Gasteiger partial charge is 0.238 e. The van der Waals surface area contributed by atoms with Crippen LogP contribution in [0.3, 0.4) is 0 Å². The second-order valence-electron chi connectivity index (χ2n) is 4.65. The number of aliphatic hydroxyl groups is 1. The number of amides is 1. The molecule has 0 aromatic heterocycles. The molecule has 0 radical (unpaired) electrons. The minimum absolute atomic E-state index is 0.0251. The zero-order chi connectivity index (χ0) is 15.0. The predicted molar refractivity (Wildman–Crippen MR) is 78.9 cm³/mol. The molecular weight excluding hydrogens is 256 g/mol. The largest absolute Gasteiger partial charge is 0.395 e. The first-order valence-electron chi connectivity index (χ1n) is 6.81. The van der Waals surface area contributed by atoms with Gasteiger partial charge >= 0.3 is 0 Å². The van der Waals surface area contributed by atoms with E-state index < -0.39 is 0 Å². The van der Waals surface area contributed by atoms with Gasteiger partial charge in [-0.3, -0.25) is 14.5 Å². The molecule has 1 aromatic carbocycles. The van der Waals surface area contributed by atoms with Gasteiger partial charge in [-0.1, -0.05) is 19.1 Å². The van der Waals surface area contributed by atoms with Gasteiger partial charge in [-0.25, -0.2) is 0 Å². The number of rotatable bonds is 8. The minimum atomic E-state index is -0.180. The molecular formula is C15H22N2O3. The normalized spacial score (nSPS) is 10.6. The number of nitrogens with zero attached hydrogens (tertiary/aromatic N) is 1. The van der Waals surface area contributed by atoms with Crippen molar-refractivity contribution in [3.8, 4) is 0 Å². The van der Waals surface area contributed by atoms with E-state index in [1.54, 1.807) is 24.3 Å². The quantitative estimate of drug-likeness (QED) is 0.708. The van der Waals surface area contributed by atoms with Crippen molar-refractivity contribution in [3.63, 3.8) is 0 Å². The van der Waals surface area contributed by atoms with Gasteiger partial charge in [0.15, 0.2) is 5.78 Å². The number of Topliss-reactive ketones (excluding diaryl/α,β-unsaturated/α-hetero) is 1. The molecule has 1 aromatic rings. The molecule has 1 amide bonds. The number of aliphatic hydroxyl groups excluding tert-OH is 1.